The Morgan fingerprint density at radius 2 is 1.46 bits per heavy atom. The van der Waals surface area contributed by atoms with E-state index in [0.29, 0.717) is 11.4 Å². The molecule has 0 saturated heterocycles. The summed E-state index contributed by atoms with van der Waals surface area (Å²) in [5.41, 5.74) is 2.42. The van der Waals surface area contributed by atoms with E-state index in [1.807, 2.05) is 85.1 Å². The highest BCUT2D eigenvalue weighted by Gasteiger charge is 2.32. The van der Waals surface area contributed by atoms with Crippen molar-refractivity contribution < 1.29 is 5.11 Å². The Morgan fingerprint density at radius 3 is 2.23 bits per heavy atom. The number of aliphatic hydroxyl groups is 1. The third-order valence-electron chi connectivity index (χ3n) is 4.68. The molecule has 0 fully saturated rings. The van der Waals surface area contributed by atoms with Crippen LogP contribution >= 0.6 is 11.6 Å². The number of benzene rings is 3. The molecule has 1 unspecified atom stereocenters. The lowest BCUT2D eigenvalue weighted by atomic mass is 9.81. The fourth-order valence-corrected chi connectivity index (χ4v) is 3.44. The van der Waals surface area contributed by atoms with Gasteiger partial charge in [-0.1, -0.05) is 72.3 Å². The highest BCUT2D eigenvalue weighted by Crippen LogP contribution is 2.34. The molecule has 3 aromatic carbocycles. The Balaban J connectivity index is 1.80. The van der Waals surface area contributed by atoms with Gasteiger partial charge in [0.15, 0.2) is 0 Å². The van der Waals surface area contributed by atoms with Gasteiger partial charge in [-0.15, -0.1) is 0 Å². The van der Waals surface area contributed by atoms with Crippen molar-refractivity contribution >= 4 is 22.5 Å². The molecule has 0 amide bonds. The first-order valence-corrected chi connectivity index (χ1v) is 8.90. The summed E-state index contributed by atoms with van der Waals surface area (Å²) in [6.45, 7) is 0. The summed E-state index contributed by atoms with van der Waals surface area (Å²) in [4.78, 5) is 4.53. The summed E-state index contributed by atoms with van der Waals surface area (Å²) in [6, 6.07) is 27.2. The van der Waals surface area contributed by atoms with E-state index in [1.165, 1.54) is 0 Å². The van der Waals surface area contributed by atoms with Crippen molar-refractivity contribution in [3.63, 3.8) is 0 Å². The van der Waals surface area contributed by atoms with Crippen molar-refractivity contribution in [2.75, 3.05) is 0 Å². The monoisotopic (exact) mass is 359 g/mol. The maximum atomic E-state index is 11.7. The molecule has 0 aliphatic heterocycles. The van der Waals surface area contributed by atoms with Crippen molar-refractivity contribution in [1.82, 2.24) is 4.98 Å². The zero-order chi connectivity index (χ0) is 18.0. The van der Waals surface area contributed by atoms with Gasteiger partial charge in [0.05, 0.1) is 5.52 Å². The van der Waals surface area contributed by atoms with Crippen molar-refractivity contribution in [1.29, 1.82) is 0 Å². The van der Waals surface area contributed by atoms with Gasteiger partial charge in [-0.25, -0.2) is 0 Å². The zero-order valence-corrected chi connectivity index (χ0v) is 14.9. The first-order chi connectivity index (χ1) is 12.6. The highest BCUT2D eigenvalue weighted by molar-refractivity contribution is 6.30. The van der Waals surface area contributed by atoms with Crippen LogP contribution in [0.4, 0.5) is 0 Å². The van der Waals surface area contributed by atoms with Crippen LogP contribution in [0, 0.1) is 0 Å². The molecule has 4 aromatic rings. The van der Waals surface area contributed by atoms with E-state index in [0.717, 1.165) is 27.6 Å². The number of para-hydroxylation sites is 1. The minimum absolute atomic E-state index is 0.427. The number of nitrogens with zero attached hydrogens (tertiary/aromatic N) is 1. The van der Waals surface area contributed by atoms with Crippen LogP contribution in [0.15, 0.2) is 91.1 Å². The summed E-state index contributed by atoms with van der Waals surface area (Å²) in [5, 5.41) is 13.4. The lowest BCUT2D eigenvalue weighted by molar-refractivity contribution is 0.0811. The average Bonchev–Trinajstić information content (AvgIpc) is 2.69. The molecule has 2 nitrogen and oxygen atoms in total. The molecular formula is C23H18ClNO. The van der Waals surface area contributed by atoms with Gasteiger partial charge < -0.3 is 5.11 Å². The Hall–Kier alpha value is -2.68. The molecule has 0 saturated carbocycles. The van der Waals surface area contributed by atoms with Crippen molar-refractivity contribution in [3.8, 4) is 0 Å². The van der Waals surface area contributed by atoms with Crippen LogP contribution in [-0.4, -0.2) is 10.1 Å². The van der Waals surface area contributed by atoms with E-state index < -0.39 is 5.60 Å². The van der Waals surface area contributed by atoms with Gasteiger partial charge in [-0.2, -0.15) is 0 Å². The third kappa shape index (κ3) is 3.22. The van der Waals surface area contributed by atoms with E-state index in [9.17, 15) is 5.11 Å². The van der Waals surface area contributed by atoms with Gasteiger partial charge in [-0.05, 0) is 41.0 Å². The predicted molar refractivity (Wildman–Crippen MR) is 106 cm³/mol. The minimum atomic E-state index is -1.16. The quantitative estimate of drug-likeness (QED) is 0.531. The topological polar surface area (TPSA) is 33.1 Å². The van der Waals surface area contributed by atoms with Gasteiger partial charge in [0.1, 0.15) is 5.60 Å². The molecule has 26 heavy (non-hydrogen) atoms. The Kier molecular flexibility index (Phi) is 4.46. The van der Waals surface area contributed by atoms with Crippen LogP contribution in [0.1, 0.15) is 16.7 Å². The van der Waals surface area contributed by atoms with Crippen LogP contribution in [0.25, 0.3) is 10.9 Å². The molecule has 1 heterocycles. The average molecular weight is 360 g/mol. The second-order valence-corrected chi connectivity index (χ2v) is 6.88. The maximum Gasteiger partial charge on any atom is 0.119 e. The molecule has 0 spiro atoms. The minimum Gasteiger partial charge on any atom is -0.380 e. The second kappa shape index (κ2) is 6.91. The highest BCUT2D eigenvalue weighted by atomic mass is 35.5. The Bertz CT molecular complexity index is 1030. The predicted octanol–water partition coefficient (Wildman–Crippen LogP) is 5.37. The van der Waals surface area contributed by atoms with E-state index in [-0.39, 0.29) is 0 Å². The molecule has 1 N–H and O–H groups in total. The molecule has 4 rings (SSSR count). The van der Waals surface area contributed by atoms with Crippen LogP contribution in [0.2, 0.25) is 5.02 Å². The lowest BCUT2D eigenvalue weighted by Gasteiger charge is -2.30. The first-order valence-electron chi connectivity index (χ1n) is 8.53. The Labute approximate surface area is 157 Å². The molecule has 1 aromatic heterocycles. The second-order valence-electron chi connectivity index (χ2n) is 6.45. The standard InChI is InChI=1S/C23H18ClNO/c24-21-12-10-20(11-13-21)23(26,19-7-2-1-3-8-19)15-17-14-18-6-4-5-9-22(18)25-16-17/h1-14,16,26H,15H2. The van der Waals surface area contributed by atoms with Gasteiger partial charge in [-0.3, -0.25) is 4.98 Å². The summed E-state index contributed by atoms with van der Waals surface area (Å²) in [6.07, 6.45) is 2.27. The molecule has 3 heteroatoms. The van der Waals surface area contributed by atoms with Crippen LogP contribution in [-0.2, 0) is 12.0 Å². The number of fused-ring (bicyclic) bond motifs is 1. The SMILES string of the molecule is OC(Cc1cnc2ccccc2c1)(c1ccccc1)c1ccc(Cl)cc1. The number of hydrogen-bond donors (Lipinski definition) is 1. The summed E-state index contributed by atoms with van der Waals surface area (Å²) >= 11 is 6.04. The molecule has 128 valence electrons. The van der Waals surface area contributed by atoms with Gasteiger partial charge >= 0.3 is 0 Å². The summed E-state index contributed by atoms with van der Waals surface area (Å²) in [5.74, 6) is 0. The van der Waals surface area contributed by atoms with E-state index in [4.69, 9.17) is 11.6 Å². The molecule has 0 aliphatic rings. The largest absolute Gasteiger partial charge is 0.380 e. The number of rotatable bonds is 4. The fraction of sp³-hybridized carbons (Fsp3) is 0.0870. The zero-order valence-electron chi connectivity index (χ0n) is 14.1. The van der Waals surface area contributed by atoms with Crippen LogP contribution in [0.5, 0.6) is 0 Å². The smallest absolute Gasteiger partial charge is 0.119 e. The normalized spacial score (nSPS) is 13.5. The number of pyridine rings is 1. The van der Waals surface area contributed by atoms with Crippen LogP contribution < -0.4 is 0 Å². The number of halogens is 1. The summed E-state index contributed by atoms with van der Waals surface area (Å²) < 4.78 is 0. The first kappa shape index (κ1) is 16.8. The third-order valence-corrected chi connectivity index (χ3v) is 4.93. The summed E-state index contributed by atoms with van der Waals surface area (Å²) in [7, 11) is 0. The van der Waals surface area contributed by atoms with Gasteiger partial charge in [0.2, 0.25) is 0 Å². The van der Waals surface area contributed by atoms with Crippen molar-refractivity contribution in [3.05, 3.63) is 113 Å². The maximum absolute atomic E-state index is 11.7. The molecule has 1 atom stereocenters. The van der Waals surface area contributed by atoms with E-state index in [2.05, 4.69) is 11.1 Å². The van der Waals surface area contributed by atoms with Crippen molar-refractivity contribution in [2.24, 2.45) is 0 Å². The fourth-order valence-electron chi connectivity index (χ4n) is 3.32. The molecule has 0 aliphatic carbocycles. The van der Waals surface area contributed by atoms with Crippen molar-refractivity contribution in [2.45, 2.75) is 12.0 Å². The molecule has 0 bridgehead atoms. The number of hydrogen-bond acceptors (Lipinski definition) is 2. The van der Waals surface area contributed by atoms with Gasteiger partial charge in [0.25, 0.3) is 0 Å². The Morgan fingerprint density at radius 1 is 0.808 bits per heavy atom. The van der Waals surface area contributed by atoms with E-state index in [1.54, 1.807) is 0 Å². The molecule has 0 radical (unpaired) electrons. The number of aromatic nitrogens is 1. The van der Waals surface area contributed by atoms with Crippen LogP contribution in [0.3, 0.4) is 0 Å². The van der Waals surface area contributed by atoms with Gasteiger partial charge in [0, 0.05) is 23.0 Å². The lowest BCUT2D eigenvalue weighted by Crippen LogP contribution is -2.30. The molecular weight excluding hydrogens is 342 g/mol. The van der Waals surface area contributed by atoms with E-state index >= 15 is 0 Å².